The average molecular weight is 183 g/mol. The molecule has 13 heavy (non-hydrogen) atoms. The lowest BCUT2D eigenvalue weighted by atomic mass is 10.1. The number of rotatable bonds is 3. The number of carbonyl (C=O) groups is 1. The van der Waals surface area contributed by atoms with Crippen LogP contribution in [0.5, 0.6) is 0 Å². The predicted molar refractivity (Wildman–Crippen MR) is 46.7 cm³/mol. The van der Waals surface area contributed by atoms with E-state index in [-0.39, 0.29) is 0 Å². The number of hydrogen-bond donors (Lipinski definition) is 3. The molecule has 5 heteroatoms. The van der Waals surface area contributed by atoms with E-state index in [2.05, 4.69) is 15.3 Å². The molecule has 0 saturated carbocycles. The number of carbonyl (C=O) groups excluding carboxylic acids is 1. The van der Waals surface area contributed by atoms with Gasteiger partial charge in [0.25, 0.3) is 5.91 Å². The van der Waals surface area contributed by atoms with Crippen LogP contribution in [0.25, 0.3) is 0 Å². The van der Waals surface area contributed by atoms with Crippen LogP contribution in [-0.2, 0) is 11.3 Å². The maximum absolute atomic E-state index is 11.2. The highest BCUT2D eigenvalue weighted by Gasteiger charge is 2.22. The van der Waals surface area contributed by atoms with Crippen LogP contribution < -0.4 is 5.32 Å². The van der Waals surface area contributed by atoms with E-state index in [1.54, 1.807) is 6.20 Å². The summed E-state index contributed by atoms with van der Waals surface area (Å²) in [7, 11) is 0. The molecule has 0 unspecified atom stereocenters. The van der Waals surface area contributed by atoms with Crippen LogP contribution in [0.2, 0.25) is 0 Å². The molecule has 0 radical (unpaired) electrons. The van der Waals surface area contributed by atoms with Gasteiger partial charge in [-0.2, -0.15) is 0 Å². The van der Waals surface area contributed by atoms with Crippen LogP contribution in [-0.4, -0.2) is 26.6 Å². The fourth-order valence-electron chi connectivity index (χ4n) is 0.773. The van der Waals surface area contributed by atoms with Gasteiger partial charge in [-0.3, -0.25) is 4.79 Å². The number of aliphatic hydroxyl groups is 1. The lowest BCUT2D eigenvalue weighted by molar-refractivity contribution is -0.136. The smallest absolute Gasteiger partial charge is 0.251 e. The molecule has 0 fully saturated rings. The zero-order chi connectivity index (χ0) is 9.90. The lowest BCUT2D eigenvalue weighted by Gasteiger charge is -2.15. The quantitative estimate of drug-likeness (QED) is 0.607. The Labute approximate surface area is 76.2 Å². The molecule has 1 amide bonds. The SMILES string of the molecule is CC(C)(O)C(=O)NCc1cnc[nH]1. The molecule has 1 aromatic heterocycles. The lowest BCUT2D eigenvalue weighted by Crippen LogP contribution is -2.41. The highest BCUT2D eigenvalue weighted by atomic mass is 16.3. The van der Waals surface area contributed by atoms with Crippen LogP contribution in [0.1, 0.15) is 19.5 Å². The van der Waals surface area contributed by atoms with Gasteiger partial charge in [0.05, 0.1) is 18.6 Å². The van der Waals surface area contributed by atoms with Crippen molar-refractivity contribution in [2.24, 2.45) is 0 Å². The van der Waals surface area contributed by atoms with Crippen LogP contribution in [0.15, 0.2) is 12.5 Å². The van der Waals surface area contributed by atoms with E-state index in [0.717, 1.165) is 5.69 Å². The second-order valence-electron chi connectivity index (χ2n) is 3.32. The number of amides is 1. The van der Waals surface area contributed by atoms with Crippen molar-refractivity contribution >= 4 is 5.91 Å². The molecule has 0 bridgehead atoms. The summed E-state index contributed by atoms with van der Waals surface area (Å²) in [5, 5.41) is 11.8. The third kappa shape index (κ3) is 2.87. The first-order chi connectivity index (χ1) is 6.00. The van der Waals surface area contributed by atoms with Crippen molar-refractivity contribution in [1.29, 1.82) is 0 Å². The van der Waals surface area contributed by atoms with Crippen LogP contribution in [0.4, 0.5) is 0 Å². The third-order valence-corrected chi connectivity index (χ3v) is 1.55. The van der Waals surface area contributed by atoms with Crippen molar-refractivity contribution in [3.63, 3.8) is 0 Å². The normalized spacial score (nSPS) is 11.3. The van der Waals surface area contributed by atoms with Crippen molar-refractivity contribution < 1.29 is 9.90 Å². The van der Waals surface area contributed by atoms with Crippen LogP contribution >= 0.6 is 0 Å². The van der Waals surface area contributed by atoms with Gasteiger partial charge in [-0.15, -0.1) is 0 Å². The molecule has 5 nitrogen and oxygen atoms in total. The zero-order valence-corrected chi connectivity index (χ0v) is 7.66. The maximum Gasteiger partial charge on any atom is 0.251 e. The van der Waals surface area contributed by atoms with E-state index < -0.39 is 11.5 Å². The van der Waals surface area contributed by atoms with Crippen molar-refractivity contribution in [2.75, 3.05) is 0 Å². The summed E-state index contributed by atoms with van der Waals surface area (Å²) in [5.41, 5.74) is -0.530. The number of aromatic nitrogens is 2. The number of imidazole rings is 1. The molecule has 1 heterocycles. The van der Waals surface area contributed by atoms with Gasteiger partial charge < -0.3 is 15.4 Å². The minimum Gasteiger partial charge on any atom is -0.381 e. The summed E-state index contributed by atoms with van der Waals surface area (Å²) in [6.07, 6.45) is 3.15. The first-order valence-corrected chi connectivity index (χ1v) is 3.98. The summed E-state index contributed by atoms with van der Waals surface area (Å²) < 4.78 is 0. The summed E-state index contributed by atoms with van der Waals surface area (Å²) in [6, 6.07) is 0. The minimum absolute atomic E-state index is 0.350. The predicted octanol–water partition coefficient (Wildman–Crippen LogP) is -0.203. The first kappa shape index (κ1) is 9.73. The Hall–Kier alpha value is -1.36. The van der Waals surface area contributed by atoms with E-state index in [0.29, 0.717) is 6.54 Å². The molecule has 0 aliphatic carbocycles. The zero-order valence-electron chi connectivity index (χ0n) is 7.66. The molecule has 0 saturated heterocycles. The highest BCUT2D eigenvalue weighted by Crippen LogP contribution is 2.00. The number of H-pyrrole nitrogens is 1. The molecule has 0 aliphatic heterocycles. The fourth-order valence-corrected chi connectivity index (χ4v) is 0.773. The van der Waals surface area contributed by atoms with E-state index in [1.807, 2.05) is 0 Å². The number of nitrogens with zero attached hydrogens (tertiary/aromatic N) is 1. The Morgan fingerprint density at radius 3 is 2.92 bits per heavy atom. The van der Waals surface area contributed by atoms with Gasteiger partial charge in [0.1, 0.15) is 5.60 Å². The first-order valence-electron chi connectivity index (χ1n) is 3.98. The Morgan fingerprint density at radius 2 is 2.46 bits per heavy atom. The molecular weight excluding hydrogens is 170 g/mol. The van der Waals surface area contributed by atoms with E-state index in [4.69, 9.17) is 0 Å². The molecule has 0 spiro atoms. The monoisotopic (exact) mass is 183 g/mol. The third-order valence-electron chi connectivity index (χ3n) is 1.55. The van der Waals surface area contributed by atoms with Gasteiger partial charge in [-0.25, -0.2) is 4.98 Å². The summed E-state index contributed by atoms with van der Waals surface area (Å²) in [4.78, 5) is 17.8. The van der Waals surface area contributed by atoms with Gasteiger partial charge in [-0.1, -0.05) is 0 Å². The van der Waals surface area contributed by atoms with Crippen molar-refractivity contribution in [2.45, 2.75) is 26.0 Å². The van der Waals surface area contributed by atoms with Gasteiger partial charge >= 0.3 is 0 Å². The van der Waals surface area contributed by atoms with Crippen LogP contribution in [0, 0.1) is 0 Å². The molecule has 1 aromatic rings. The van der Waals surface area contributed by atoms with Gasteiger partial charge in [-0.05, 0) is 13.8 Å². The second kappa shape index (κ2) is 3.57. The largest absolute Gasteiger partial charge is 0.381 e. The van der Waals surface area contributed by atoms with Crippen molar-refractivity contribution in [3.05, 3.63) is 18.2 Å². The van der Waals surface area contributed by atoms with E-state index in [9.17, 15) is 9.90 Å². The molecule has 3 N–H and O–H groups in total. The Balaban J connectivity index is 2.40. The van der Waals surface area contributed by atoms with E-state index >= 15 is 0 Å². The van der Waals surface area contributed by atoms with E-state index in [1.165, 1.54) is 20.2 Å². The maximum atomic E-state index is 11.2. The van der Waals surface area contributed by atoms with Crippen LogP contribution in [0.3, 0.4) is 0 Å². The summed E-state index contributed by atoms with van der Waals surface area (Å²) in [6.45, 7) is 3.23. The molecule has 0 aromatic carbocycles. The Morgan fingerprint density at radius 1 is 1.77 bits per heavy atom. The molecule has 72 valence electrons. The second-order valence-corrected chi connectivity index (χ2v) is 3.32. The number of hydrogen-bond acceptors (Lipinski definition) is 3. The van der Waals surface area contributed by atoms with Gasteiger partial charge in [0.2, 0.25) is 0 Å². The van der Waals surface area contributed by atoms with Gasteiger partial charge in [0, 0.05) is 6.20 Å². The summed E-state index contributed by atoms with van der Waals surface area (Å²) >= 11 is 0. The van der Waals surface area contributed by atoms with Crippen molar-refractivity contribution in [1.82, 2.24) is 15.3 Å². The number of aromatic amines is 1. The average Bonchev–Trinajstić information content (AvgIpc) is 2.50. The van der Waals surface area contributed by atoms with Crippen molar-refractivity contribution in [3.8, 4) is 0 Å². The van der Waals surface area contributed by atoms with Gasteiger partial charge in [0.15, 0.2) is 0 Å². The standard InChI is InChI=1S/C8H13N3O2/c1-8(2,13)7(12)10-4-6-3-9-5-11-6/h3,5,13H,4H2,1-2H3,(H,9,11)(H,10,12). The molecule has 0 aliphatic rings. The summed E-state index contributed by atoms with van der Waals surface area (Å²) in [5.74, 6) is -0.401. The number of nitrogens with one attached hydrogen (secondary N) is 2. The highest BCUT2D eigenvalue weighted by molar-refractivity contribution is 5.83. The molecule has 0 atom stereocenters. The topological polar surface area (TPSA) is 78.0 Å². The fraction of sp³-hybridized carbons (Fsp3) is 0.500. The molecular formula is C8H13N3O2. The Kier molecular flexibility index (Phi) is 2.67. The minimum atomic E-state index is -1.33. The Bertz CT molecular complexity index is 274. The molecule has 1 rings (SSSR count).